The molecule has 1 N–H and O–H groups in total. The van der Waals surface area contributed by atoms with Gasteiger partial charge < -0.3 is 5.11 Å². The van der Waals surface area contributed by atoms with Crippen LogP contribution >= 0.6 is 23.2 Å². The zero-order chi connectivity index (χ0) is 6.62. The number of hydrogen-bond acceptors (Lipinski definition) is 1. The van der Waals surface area contributed by atoms with Gasteiger partial charge in [0.25, 0.3) is 0 Å². The fourth-order valence-electron chi connectivity index (χ4n) is 0.389. The average Bonchev–Trinajstić information content (AvgIpc) is 1.59. The topological polar surface area (TPSA) is 20.2 Å². The van der Waals surface area contributed by atoms with Crippen LogP contribution in [0.2, 0.25) is 0 Å². The molecule has 0 aromatic carbocycles. The van der Waals surface area contributed by atoms with E-state index in [1.807, 2.05) is 6.92 Å². The number of rotatable bonds is 3. The van der Waals surface area contributed by atoms with E-state index in [1.54, 1.807) is 0 Å². The van der Waals surface area contributed by atoms with E-state index in [-0.39, 0.29) is 0 Å². The maximum Gasteiger partial charge on any atom is 0.214 e. The Morgan fingerprint density at radius 3 is 2.12 bits per heavy atom. The van der Waals surface area contributed by atoms with E-state index in [2.05, 4.69) is 0 Å². The Bertz CT molecular complexity index is 57.9. The van der Waals surface area contributed by atoms with E-state index < -0.39 is 4.52 Å². The van der Waals surface area contributed by atoms with E-state index in [4.69, 9.17) is 28.3 Å². The van der Waals surface area contributed by atoms with Crippen molar-refractivity contribution >= 4 is 23.2 Å². The van der Waals surface area contributed by atoms with Gasteiger partial charge in [0.05, 0.1) is 0 Å². The highest BCUT2D eigenvalue weighted by Gasteiger charge is 2.16. The molecule has 0 spiro atoms. The standard InChI is InChI=1S/C5H10Cl2O/c1-2-3-4-5(6,7)8/h8H,2-4H2,1H3. The molecule has 0 aromatic heterocycles. The van der Waals surface area contributed by atoms with Gasteiger partial charge in [0.2, 0.25) is 4.52 Å². The zero-order valence-corrected chi connectivity index (χ0v) is 6.34. The van der Waals surface area contributed by atoms with Gasteiger partial charge in [-0.25, -0.2) is 0 Å². The van der Waals surface area contributed by atoms with Crippen LogP contribution in [0.3, 0.4) is 0 Å². The van der Waals surface area contributed by atoms with Crippen LogP contribution in [0.5, 0.6) is 0 Å². The molecule has 3 heteroatoms. The Morgan fingerprint density at radius 1 is 1.50 bits per heavy atom. The van der Waals surface area contributed by atoms with Crippen LogP contribution in [0.1, 0.15) is 26.2 Å². The first-order valence-electron chi connectivity index (χ1n) is 2.66. The van der Waals surface area contributed by atoms with Gasteiger partial charge in [0.15, 0.2) is 0 Å². The SMILES string of the molecule is CCCCC(O)(Cl)Cl. The fourth-order valence-corrected chi connectivity index (χ4v) is 0.657. The predicted octanol–water partition coefficient (Wildman–Crippen LogP) is 2.30. The predicted molar refractivity (Wildman–Crippen MR) is 36.2 cm³/mol. The lowest BCUT2D eigenvalue weighted by Crippen LogP contribution is -2.09. The van der Waals surface area contributed by atoms with E-state index in [1.165, 1.54) is 0 Å². The molecule has 0 aliphatic heterocycles. The molecule has 0 atom stereocenters. The number of alkyl halides is 2. The Morgan fingerprint density at radius 2 is 2.00 bits per heavy atom. The van der Waals surface area contributed by atoms with E-state index in [0.717, 1.165) is 12.8 Å². The number of halogens is 2. The third-order valence-corrected chi connectivity index (χ3v) is 1.21. The minimum atomic E-state index is -1.50. The number of aliphatic hydroxyl groups is 1. The smallest absolute Gasteiger partial charge is 0.214 e. The molecule has 50 valence electrons. The van der Waals surface area contributed by atoms with Crippen molar-refractivity contribution in [2.75, 3.05) is 0 Å². The molecule has 1 nitrogen and oxygen atoms in total. The lowest BCUT2D eigenvalue weighted by molar-refractivity contribution is 0.200. The molecule has 8 heavy (non-hydrogen) atoms. The quantitative estimate of drug-likeness (QED) is 0.623. The minimum absolute atomic E-state index is 0.451. The monoisotopic (exact) mass is 156 g/mol. The van der Waals surface area contributed by atoms with Gasteiger partial charge in [-0.2, -0.15) is 0 Å². The second-order valence-corrected chi connectivity index (χ2v) is 3.21. The highest BCUT2D eigenvalue weighted by molar-refractivity contribution is 6.46. The summed E-state index contributed by atoms with van der Waals surface area (Å²) in [6.45, 7) is 2.01. The highest BCUT2D eigenvalue weighted by Crippen LogP contribution is 2.22. The van der Waals surface area contributed by atoms with Crippen molar-refractivity contribution in [2.24, 2.45) is 0 Å². The van der Waals surface area contributed by atoms with Crippen LogP contribution < -0.4 is 0 Å². The first-order valence-corrected chi connectivity index (χ1v) is 3.42. The van der Waals surface area contributed by atoms with Crippen molar-refractivity contribution in [3.05, 3.63) is 0 Å². The van der Waals surface area contributed by atoms with Crippen LogP contribution in [-0.2, 0) is 0 Å². The summed E-state index contributed by atoms with van der Waals surface area (Å²) in [5.41, 5.74) is 0. The van der Waals surface area contributed by atoms with Crippen molar-refractivity contribution in [1.82, 2.24) is 0 Å². The number of unbranched alkanes of at least 4 members (excludes halogenated alkanes) is 1. The zero-order valence-electron chi connectivity index (χ0n) is 4.82. The highest BCUT2D eigenvalue weighted by atomic mass is 35.5. The first kappa shape index (κ1) is 8.54. The minimum Gasteiger partial charge on any atom is -0.363 e. The van der Waals surface area contributed by atoms with Gasteiger partial charge >= 0.3 is 0 Å². The summed E-state index contributed by atoms with van der Waals surface area (Å²) in [7, 11) is 0. The van der Waals surface area contributed by atoms with E-state index in [9.17, 15) is 0 Å². The summed E-state index contributed by atoms with van der Waals surface area (Å²) < 4.78 is -1.50. The van der Waals surface area contributed by atoms with Crippen LogP contribution in [0.4, 0.5) is 0 Å². The van der Waals surface area contributed by atoms with Crippen molar-refractivity contribution in [2.45, 2.75) is 30.7 Å². The molecule has 0 rings (SSSR count). The maximum atomic E-state index is 8.68. The van der Waals surface area contributed by atoms with Gasteiger partial charge in [-0.3, -0.25) is 0 Å². The van der Waals surface area contributed by atoms with E-state index >= 15 is 0 Å². The lowest BCUT2D eigenvalue weighted by Gasteiger charge is -2.09. The average molecular weight is 157 g/mol. The first-order chi connectivity index (χ1) is 3.56. The van der Waals surface area contributed by atoms with Crippen LogP contribution in [0.25, 0.3) is 0 Å². The third kappa shape index (κ3) is 6.54. The molecule has 0 saturated heterocycles. The lowest BCUT2D eigenvalue weighted by atomic mass is 10.3. The second-order valence-electron chi connectivity index (χ2n) is 1.77. The summed E-state index contributed by atoms with van der Waals surface area (Å²) in [5.74, 6) is 0. The van der Waals surface area contributed by atoms with Crippen LogP contribution in [0, 0.1) is 0 Å². The molecule has 0 heterocycles. The van der Waals surface area contributed by atoms with Gasteiger partial charge in [-0.1, -0.05) is 36.5 Å². The van der Waals surface area contributed by atoms with Gasteiger partial charge in [-0.05, 0) is 6.42 Å². The summed E-state index contributed by atoms with van der Waals surface area (Å²) in [5, 5.41) is 8.68. The Kier molecular flexibility index (Phi) is 3.78. The molecule has 0 fully saturated rings. The van der Waals surface area contributed by atoms with Gasteiger partial charge in [-0.15, -0.1) is 0 Å². The Labute approximate surface area is 59.6 Å². The molecule has 0 aliphatic rings. The molecule has 0 saturated carbocycles. The molecule has 0 amide bonds. The summed E-state index contributed by atoms with van der Waals surface area (Å²) in [6, 6.07) is 0. The van der Waals surface area contributed by atoms with Crippen molar-refractivity contribution < 1.29 is 5.11 Å². The van der Waals surface area contributed by atoms with Gasteiger partial charge in [0.1, 0.15) is 0 Å². The van der Waals surface area contributed by atoms with Crippen molar-refractivity contribution in [3.63, 3.8) is 0 Å². The molecule has 0 aliphatic carbocycles. The van der Waals surface area contributed by atoms with Gasteiger partial charge in [0, 0.05) is 6.42 Å². The van der Waals surface area contributed by atoms with Crippen LogP contribution in [0.15, 0.2) is 0 Å². The fraction of sp³-hybridized carbons (Fsp3) is 1.00. The summed E-state index contributed by atoms with van der Waals surface area (Å²) in [6.07, 6.45) is 2.32. The van der Waals surface area contributed by atoms with Crippen LogP contribution in [-0.4, -0.2) is 9.63 Å². The maximum absolute atomic E-state index is 8.68. The largest absolute Gasteiger partial charge is 0.363 e. The third-order valence-electron chi connectivity index (χ3n) is 0.831. The normalized spacial score (nSPS) is 12.0. The van der Waals surface area contributed by atoms with E-state index in [0.29, 0.717) is 6.42 Å². The molecule has 0 unspecified atom stereocenters. The second kappa shape index (κ2) is 3.54. The Hall–Kier alpha value is 0.540. The van der Waals surface area contributed by atoms with Crippen molar-refractivity contribution in [1.29, 1.82) is 0 Å². The van der Waals surface area contributed by atoms with Crippen molar-refractivity contribution in [3.8, 4) is 0 Å². The summed E-state index contributed by atoms with van der Waals surface area (Å²) in [4.78, 5) is 0. The molecule has 0 radical (unpaired) electrons. The Balaban J connectivity index is 3.11. The molecule has 0 bridgehead atoms. The number of hydrogen-bond donors (Lipinski definition) is 1. The molecular formula is C5H10Cl2O. The molecular weight excluding hydrogens is 147 g/mol. The summed E-state index contributed by atoms with van der Waals surface area (Å²) >= 11 is 10.5. The molecule has 0 aromatic rings.